The molecule has 5 nitrogen and oxygen atoms in total. The predicted octanol–water partition coefficient (Wildman–Crippen LogP) is 5.77. The van der Waals surface area contributed by atoms with Gasteiger partial charge in [0.2, 0.25) is 0 Å². The van der Waals surface area contributed by atoms with Crippen LogP contribution in [0, 0.1) is 6.92 Å². The Morgan fingerprint density at radius 3 is 2.55 bits per heavy atom. The van der Waals surface area contributed by atoms with E-state index in [2.05, 4.69) is 33.2 Å². The number of halogens is 2. The van der Waals surface area contributed by atoms with Gasteiger partial charge in [0.1, 0.15) is 0 Å². The Balaban J connectivity index is 1.34. The number of nitrogens with zero attached hydrogens (tertiary/aromatic N) is 3. The second-order valence-corrected chi connectivity index (χ2v) is 11.0. The lowest BCUT2D eigenvalue weighted by molar-refractivity contribution is 0.0173. The number of amides is 1. The molecule has 5 rings (SSSR count). The number of pyridine rings is 1. The Morgan fingerprint density at radius 1 is 1.05 bits per heavy atom. The molecule has 38 heavy (non-hydrogen) atoms. The van der Waals surface area contributed by atoms with Crippen molar-refractivity contribution < 1.29 is 13.6 Å². The van der Waals surface area contributed by atoms with Crippen LogP contribution >= 0.6 is 0 Å². The Labute approximate surface area is 223 Å². The maximum Gasteiger partial charge on any atom is 0.270 e. The van der Waals surface area contributed by atoms with Gasteiger partial charge in [-0.1, -0.05) is 12.1 Å². The molecule has 0 spiro atoms. The lowest BCUT2D eigenvalue weighted by Gasteiger charge is -2.32. The second-order valence-electron chi connectivity index (χ2n) is 11.0. The van der Waals surface area contributed by atoms with Gasteiger partial charge in [0, 0.05) is 68.4 Å². The van der Waals surface area contributed by atoms with Crippen molar-refractivity contribution in [2.24, 2.45) is 0 Å². The van der Waals surface area contributed by atoms with E-state index < -0.39 is 5.92 Å². The summed E-state index contributed by atoms with van der Waals surface area (Å²) in [6, 6.07) is 14.8. The number of hydrogen-bond acceptors (Lipinski definition) is 4. The van der Waals surface area contributed by atoms with E-state index in [1.165, 1.54) is 22.8 Å². The number of carbonyl (C=O) groups is 1. The van der Waals surface area contributed by atoms with Crippen molar-refractivity contribution in [1.29, 1.82) is 0 Å². The number of hydrogen-bond donors (Lipinski definition) is 1. The summed E-state index contributed by atoms with van der Waals surface area (Å²) < 4.78 is 28.7. The number of benzene rings is 2. The maximum atomic E-state index is 14.4. The number of carbonyl (C=O) groups excluding carboxylic acids is 1. The highest BCUT2D eigenvalue weighted by Crippen LogP contribution is 2.36. The minimum Gasteiger partial charge on any atom is -0.322 e. The standard InChI is InChI=1S/C31H36F2N4O/c1-21-4-5-22(19-34-21)14-25-8-6-24-7-9-26(17-29(24)25)30(38)35-28-16-23(15-27(18-28)31(2,32)33)20-37-12-10-36(3)11-13-37/h4-5,7,9,15-19,25H,6,8,10-14,20H2,1-3H3,(H,35,38). The molecule has 200 valence electrons. The van der Waals surface area contributed by atoms with E-state index in [9.17, 15) is 13.6 Å². The zero-order chi connectivity index (χ0) is 26.9. The number of nitrogens with one attached hydrogen (secondary N) is 1. The minimum atomic E-state index is -3.00. The van der Waals surface area contributed by atoms with Crippen molar-refractivity contribution in [3.63, 3.8) is 0 Å². The number of likely N-dealkylation sites (N-methyl/N-ethyl adjacent to an activating group) is 1. The van der Waals surface area contributed by atoms with E-state index in [0.29, 0.717) is 23.7 Å². The van der Waals surface area contributed by atoms with E-state index in [1.54, 1.807) is 6.07 Å². The SMILES string of the molecule is Cc1ccc(CC2CCc3ccc(C(=O)Nc4cc(CN5CCN(C)CC5)cc(C(C)(F)F)c4)cc32)cn1. The summed E-state index contributed by atoms with van der Waals surface area (Å²) in [7, 11) is 2.09. The van der Waals surface area contributed by atoms with Crippen molar-refractivity contribution in [2.75, 3.05) is 38.5 Å². The second kappa shape index (κ2) is 10.9. The molecule has 1 saturated heterocycles. The largest absolute Gasteiger partial charge is 0.322 e. The smallest absolute Gasteiger partial charge is 0.270 e. The Kier molecular flexibility index (Phi) is 7.59. The summed E-state index contributed by atoms with van der Waals surface area (Å²) >= 11 is 0. The van der Waals surface area contributed by atoms with E-state index in [1.807, 2.05) is 43.5 Å². The molecular weight excluding hydrogens is 482 g/mol. The Morgan fingerprint density at radius 2 is 1.84 bits per heavy atom. The Bertz CT molecular complexity index is 1290. The van der Waals surface area contributed by atoms with E-state index in [4.69, 9.17) is 0 Å². The van der Waals surface area contributed by atoms with Gasteiger partial charge in [0.05, 0.1) is 0 Å². The van der Waals surface area contributed by atoms with Crippen LogP contribution in [0.25, 0.3) is 0 Å². The molecule has 7 heteroatoms. The first-order chi connectivity index (χ1) is 18.1. The van der Waals surface area contributed by atoms with Gasteiger partial charge in [0.25, 0.3) is 11.8 Å². The van der Waals surface area contributed by atoms with E-state index in [0.717, 1.165) is 63.6 Å². The molecule has 0 bridgehead atoms. The summed E-state index contributed by atoms with van der Waals surface area (Å²) in [4.78, 5) is 22.2. The molecule has 1 unspecified atom stereocenters. The fraction of sp³-hybridized carbons (Fsp3) is 0.419. The van der Waals surface area contributed by atoms with Crippen molar-refractivity contribution in [2.45, 2.75) is 51.5 Å². The first-order valence-corrected chi connectivity index (χ1v) is 13.4. The van der Waals surface area contributed by atoms with Crippen LogP contribution in [0.2, 0.25) is 0 Å². The van der Waals surface area contributed by atoms with Gasteiger partial charge in [-0.2, -0.15) is 0 Å². The van der Waals surface area contributed by atoms with Crippen molar-refractivity contribution in [3.8, 4) is 0 Å². The van der Waals surface area contributed by atoms with Crippen LogP contribution in [0.15, 0.2) is 54.7 Å². The third-order valence-electron chi connectivity index (χ3n) is 7.82. The fourth-order valence-electron chi connectivity index (χ4n) is 5.52. The van der Waals surface area contributed by atoms with Crippen LogP contribution in [0.4, 0.5) is 14.5 Å². The lowest BCUT2D eigenvalue weighted by Crippen LogP contribution is -2.43. The molecule has 2 aromatic carbocycles. The molecule has 1 aliphatic carbocycles. The number of anilines is 1. The minimum absolute atomic E-state index is 0.0832. The highest BCUT2D eigenvalue weighted by molar-refractivity contribution is 6.04. The molecule has 1 fully saturated rings. The van der Waals surface area contributed by atoms with Gasteiger partial charge >= 0.3 is 0 Å². The van der Waals surface area contributed by atoms with Gasteiger partial charge in [-0.25, -0.2) is 8.78 Å². The van der Waals surface area contributed by atoms with Crippen LogP contribution < -0.4 is 5.32 Å². The molecule has 2 aliphatic rings. The van der Waals surface area contributed by atoms with E-state index >= 15 is 0 Å². The van der Waals surface area contributed by atoms with Crippen molar-refractivity contribution in [3.05, 3.63) is 93.8 Å². The molecule has 1 aromatic heterocycles. The number of piperazine rings is 1. The van der Waals surface area contributed by atoms with Crippen LogP contribution in [0.5, 0.6) is 0 Å². The zero-order valence-electron chi connectivity index (χ0n) is 22.4. The summed E-state index contributed by atoms with van der Waals surface area (Å²) in [5.74, 6) is -2.94. The molecule has 0 radical (unpaired) electrons. The molecule has 1 atom stereocenters. The van der Waals surface area contributed by atoms with Crippen molar-refractivity contribution in [1.82, 2.24) is 14.8 Å². The topological polar surface area (TPSA) is 48.5 Å². The highest BCUT2D eigenvalue weighted by atomic mass is 19.3. The van der Waals surface area contributed by atoms with Crippen LogP contribution in [-0.4, -0.2) is 53.9 Å². The third kappa shape index (κ3) is 6.27. The Hall–Kier alpha value is -3.16. The number of rotatable bonds is 7. The number of aromatic nitrogens is 1. The van der Waals surface area contributed by atoms with Gasteiger partial charge in [-0.3, -0.25) is 14.7 Å². The zero-order valence-corrected chi connectivity index (χ0v) is 22.4. The van der Waals surface area contributed by atoms with Gasteiger partial charge in [0.15, 0.2) is 0 Å². The lowest BCUT2D eigenvalue weighted by atomic mass is 9.93. The summed E-state index contributed by atoms with van der Waals surface area (Å²) in [5.41, 5.74) is 6.30. The average molecular weight is 519 g/mol. The number of alkyl halides is 2. The van der Waals surface area contributed by atoms with Gasteiger partial charge in [-0.15, -0.1) is 0 Å². The average Bonchev–Trinajstić information content (AvgIpc) is 3.28. The van der Waals surface area contributed by atoms with Crippen molar-refractivity contribution >= 4 is 11.6 Å². The highest BCUT2D eigenvalue weighted by Gasteiger charge is 2.27. The molecule has 1 amide bonds. The molecule has 1 aliphatic heterocycles. The summed E-state index contributed by atoms with van der Waals surface area (Å²) in [6.45, 7) is 7.14. The summed E-state index contributed by atoms with van der Waals surface area (Å²) in [5, 5.41) is 2.91. The number of fused-ring (bicyclic) bond motifs is 1. The predicted molar refractivity (Wildman–Crippen MR) is 147 cm³/mol. The first-order valence-electron chi connectivity index (χ1n) is 13.4. The van der Waals surface area contributed by atoms with Crippen LogP contribution in [-0.2, 0) is 25.3 Å². The fourth-order valence-corrected chi connectivity index (χ4v) is 5.52. The monoisotopic (exact) mass is 518 g/mol. The maximum absolute atomic E-state index is 14.4. The molecule has 1 N–H and O–H groups in total. The normalized spacial score (nSPS) is 18.4. The number of aryl methyl sites for hydroxylation is 2. The molecule has 3 aromatic rings. The third-order valence-corrected chi connectivity index (χ3v) is 7.82. The molecule has 0 saturated carbocycles. The van der Waals surface area contributed by atoms with E-state index in [-0.39, 0.29) is 11.5 Å². The van der Waals surface area contributed by atoms with Crippen LogP contribution in [0.1, 0.15) is 63.1 Å². The summed E-state index contributed by atoms with van der Waals surface area (Å²) in [6.07, 6.45) is 4.84. The van der Waals surface area contributed by atoms with Crippen LogP contribution in [0.3, 0.4) is 0 Å². The van der Waals surface area contributed by atoms with Gasteiger partial charge in [-0.05, 0) is 97.8 Å². The molecule has 2 heterocycles. The first kappa shape index (κ1) is 26.4. The molecular formula is C31H36F2N4O. The van der Waals surface area contributed by atoms with Gasteiger partial charge < -0.3 is 10.2 Å². The quantitative estimate of drug-likeness (QED) is 0.431.